The molecule has 0 aromatic rings. The zero-order valence-corrected chi connectivity index (χ0v) is 10.0. The van der Waals surface area contributed by atoms with Crippen LogP contribution in [0.3, 0.4) is 0 Å². The Morgan fingerprint density at radius 3 is 2.60 bits per heavy atom. The van der Waals surface area contributed by atoms with Gasteiger partial charge in [-0.15, -0.1) is 0 Å². The van der Waals surface area contributed by atoms with Crippen LogP contribution in [0.5, 0.6) is 0 Å². The molecule has 84 valence electrons. The fourth-order valence-corrected chi connectivity index (χ4v) is 2.38. The number of allylic oxidation sites excluding steroid dienone is 3. The predicted octanol–water partition coefficient (Wildman–Crippen LogP) is 2.63. The van der Waals surface area contributed by atoms with Crippen LogP contribution in [-0.4, -0.2) is 17.0 Å². The Balaban J connectivity index is 3.01. The number of aliphatic hydroxyl groups excluding tert-OH is 1. The molecule has 0 amide bonds. The van der Waals surface area contributed by atoms with E-state index < -0.39 is 0 Å². The van der Waals surface area contributed by atoms with Crippen molar-refractivity contribution in [3.63, 3.8) is 0 Å². The molecule has 0 heterocycles. The first kappa shape index (κ1) is 12.2. The third-order valence-corrected chi connectivity index (χ3v) is 2.96. The topological polar surface area (TPSA) is 37.3 Å². The maximum atomic E-state index is 10.9. The Bertz CT molecular complexity index is 321. The molecule has 0 saturated heterocycles. The molecule has 0 unspecified atom stereocenters. The van der Waals surface area contributed by atoms with Crippen molar-refractivity contribution in [1.82, 2.24) is 0 Å². The second kappa shape index (κ2) is 4.31. The third-order valence-electron chi connectivity index (χ3n) is 2.96. The number of carbonyl (C=O) groups is 1. The van der Waals surface area contributed by atoms with Crippen molar-refractivity contribution in [2.45, 2.75) is 46.6 Å². The number of rotatable bonds is 2. The van der Waals surface area contributed by atoms with Gasteiger partial charge in [-0.1, -0.05) is 25.5 Å². The van der Waals surface area contributed by atoms with Gasteiger partial charge < -0.3 is 5.11 Å². The average Bonchev–Trinajstić information content (AvgIpc) is 1.98. The summed E-state index contributed by atoms with van der Waals surface area (Å²) in [6.45, 7) is 7.80. The van der Waals surface area contributed by atoms with Gasteiger partial charge in [-0.25, -0.2) is 0 Å². The molecule has 1 rings (SSSR count). The molecule has 1 aliphatic carbocycles. The molecule has 0 saturated carbocycles. The van der Waals surface area contributed by atoms with Gasteiger partial charge in [0.05, 0.1) is 6.10 Å². The van der Waals surface area contributed by atoms with Gasteiger partial charge in [0.25, 0.3) is 0 Å². The lowest BCUT2D eigenvalue weighted by Gasteiger charge is -2.35. The minimum absolute atomic E-state index is 0.0340. The van der Waals surface area contributed by atoms with E-state index in [0.29, 0.717) is 0 Å². The molecule has 0 aromatic heterocycles. The van der Waals surface area contributed by atoms with Crippen LogP contribution in [0.1, 0.15) is 40.5 Å². The van der Waals surface area contributed by atoms with Crippen molar-refractivity contribution in [3.05, 3.63) is 23.3 Å². The summed E-state index contributed by atoms with van der Waals surface area (Å²) in [5.74, 6) is 0.0669. The zero-order chi connectivity index (χ0) is 11.6. The number of carbonyl (C=O) groups excluding carboxylic acids is 1. The van der Waals surface area contributed by atoms with Gasteiger partial charge >= 0.3 is 0 Å². The van der Waals surface area contributed by atoms with Gasteiger partial charge in [0.1, 0.15) is 0 Å². The smallest absolute Gasteiger partial charge is 0.152 e. The van der Waals surface area contributed by atoms with E-state index in [4.69, 9.17) is 0 Å². The second-order valence-corrected chi connectivity index (χ2v) is 5.08. The summed E-state index contributed by atoms with van der Waals surface area (Å²) in [5.41, 5.74) is 2.35. The summed E-state index contributed by atoms with van der Waals surface area (Å²) < 4.78 is 0. The molecule has 0 aliphatic heterocycles. The lowest BCUT2D eigenvalue weighted by molar-refractivity contribution is -0.112. The van der Waals surface area contributed by atoms with Crippen LogP contribution in [-0.2, 0) is 4.79 Å². The SMILES string of the molecule is CC(=O)/C=C/C1=C(C)C[C@H](O)CC1(C)C. The zero-order valence-electron chi connectivity index (χ0n) is 10.0. The van der Waals surface area contributed by atoms with Crippen LogP contribution >= 0.6 is 0 Å². The fraction of sp³-hybridized carbons (Fsp3) is 0.615. The molecule has 15 heavy (non-hydrogen) atoms. The average molecular weight is 208 g/mol. The van der Waals surface area contributed by atoms with Crippen LogP contribution in [0.15, 0.2) is 23.3 Å². The van der Waals surface area contributed by atoms with E-state index in [9.17, 15) is 9.90 Å². The van der Waals surface area contributed by atoms with Gasteiger partial charge in [0.2, 0.25) is 0 Å². The largest absolute Gasteiger partial charge is 0.393 e. The van der Waals surface area contributed by atoms with Crippen LogP contribution in [0.2, 0.25) is 0 Å². The summed E-state index contributed by atoms with van der Waals surface area (Å²) in [4.78, 5) is 10.9. The Hall–Kier alpha value is -0.890. The summed E-state index contributed by atoms with van der Waals surface area (Å²) in [6, 6.07) is 0. The van der Waals surface area contributed by atoms with Gasteiger partial charge in [-0.05, 0) is 43.8 Å². The molecule has 0 aromatic carbocycles. The number of hydrogen-bond acceptors (Lipinski definition) is 2. The first-order valence-corrected chi connectivity index (χ1v) is 5.40. The molecule has 0 bridgehead atoms. The molecule has 1 N–H and O–H groups in total. The monoisotopic (exact) mass is 208 g/mol. The van der Waals surface area contributed by atoms with Crippen molar-refractivity contribution in [1.29, 1.82) is 0 Å². The molecule has 0 fully saturated rings. The molecular weight excluding hydrogens is 188 g/mol. The quantitative estimate of drug-likeness (QED) is 0.708. The lowest BCUT2D eigenvalue weighted by atomic mass is 9.71. The van der Waals surface area contributed by atoms with E-state index in [1.54, 1.807) is 13.0 Å². The number of hydrogen-bond donors (Lipinski definition) is 1. The van der Waals surface area contributed by atoms with E-state index in [1.165, 1.54) is 11.1 Å². The first-order chi connectivity index (χ1) is 6.83. The standard InChI is InChI=1S/C13H20O2/c1-9-7-11(15)8-13(3,4)12(9)6-5-10(2)14/h5-6,11,15H,7-8H2,1-4H3/b6-5+/t11-/m0/s1. The van der Waals surface area contributed by atoms with Crippen LogP contribution in [0.4, 0.5) is 0 Å². The Morgan fingerprint density at radius 2 is 2.13 bits per heavy atom. The van der Waals surface area contributed by atoms with Gasteiger partial charge in [-0.2, -0.15) is 0 Å². The maximum absolute atomic E-state index is 10.9. The first-order valence-electron chi connectivity index (χ1n) is 5.40. The molecule has 1 atom stereocenters. The van der Waals surface area contributed by atoms with Crippen LogP contribution in [0, 0.1) is 5.41 Å². The Morgan fingerprint density at radius 1 is 1.53 bits per heavy atom. The summed E-state index contributed by atoms with van der Waals surface area (Å²) in [7, 11) is 0. The maximum Gasteiger partial charge on any atom is 0.152 e. The van der Waals surface area contributed by atoms with Crippen LogP contribution in [0.25, 0.3) is 0 Å². The Kier molecular flexibility index (Phi) is 3.50. The molecule has 2 heteroatoms. The second-order valence-electron chi connectivity index (χ2n) is 5.08. The summed E-state index contributed by atoms with van der Waals surface area (Å²) in [6.07, 6.45) is 4.76. The number of aliphatic hydroxyl groups is 1. The minimum Gasteiger partial charge on any atom is -0.393 e. The summed E-state index contributed by atoms with van der Waals surface area (Å²) >= 11 is 0. The highest BCUT2D eigenvalue weighted by Gasteiger charge is 2.31. The minimum atomic E-state index is -0.241. The lowest BCUT2D eigenvalue weighted by Crippen LogP contribution is -2.28. The van der Waals surface area contributed by atoms with Gasteiger partial charge in [0.15, 0.2) is 5.78 Å². The Labute approximate surface area is 91.7 Å². The van der Waals surface area contributed by atoms with Gasteiger partial charge in [-0.3, -0.25) is 4.79 Å². The third kappa shape index (κ3) is 3.03. The van der Waals surface area contributed by atoms with Crippen molar-refractivity contribution in [2.75, 3.05) is 0 Å². The van der Waals surface area contributed by atoms with Gasteiger partial charge in [0, 0.05) is 0 Å². The fourth-order valence-electron chi connectivity index (χ4n) is 2.38. The van der Waals surface area contributed by atoms with Crippen molar-refractivity contribution >= 4 is 5.78 Å². The van der Waals surface area contributed by atoms with Crippen molar-refractivity contribution in [2.24, 2.45) is 5.41 Å². The van der Waals surface area contributed by atoms with Crippen molar-refractivity contribution < 1.29 is 9.90 Å². The molecule has 2 nitrogen and oxygen atoms in total. The molecule has 1 aliphatic rings. The van der Waals surface area contributed by atoms with E-state index in [1.807, 2.05) is 13.0 Å². The normalized spacial score (nSPS) is 26.1. The number of ketones is 1. The van der Waals surface area contributed by atoms with E-state index in [-0.39, 0.29) is 17.3 Å². The van der Waals surface area contributed by atoms with Crippen LogP contribution < -0.4 is 0 Å². The molecular formula is C13H20O2. The summed E-state index contributed by atoms with van der Waals surface area (Å²) in [5, 5.41) is 9.69. The van der Waals surface area contributed by atoms with E-state index >= 15 is 0 Å². The van der Waals surface area contributed by atoms with Crippen molar-refractivity contribution in [3.8, 4) is 0 Å². The highest BCUT2D eigenvalue weighted by Crippen LogP contribution is 2.40. The highest BCUT2D eigenvalue weighted by molar-refractivity contribution is 5.87. The molecule has 0 spiro atoms. The molecule has 0 radical (unpaired) electrons. The van der Waals surface area contributed by atoms with E-state index in [0.717, 1.165) is 12.8 Å². The van der Waals surface area contributed by atoms with E-state index in [2.05, 4.69) is 13.8 Å². The predicted molar refractivity (Wildman–Crippen MR) is 61.5 cm³/mol. The highest BCUT2D eigenvalue weighted by atomic mass is 16.3.